The quantitative estimate of drug-likeness (QED) is 0.649. The molecule has 0 bridgehead atoms. The molecule has 0 saturated heterocycles. The van der Waals surface area contributed by atoms with Crippen molar-refractivity contribution in [2.24, 2.45) is 5.92 Å². The van der Waals surface area contributed by atoms with Crippen LogP contribution in [0.4, 0.5) is 0 Å². The van der Waals surface area contributed by atoms with Gasteiger partial charge in [0.05, 0.1) is 0 Å². The van der Waals surface area contributed by atoms with Gasteiger partial charge in [-0.05, 0) is 37.3 Å². The van der Waals surface area contributed by atoms with Crippen molar-refractivity contribution < 1.29 is 0 Å². The monoisotopic (exact) mass is 273 g/mol. The molecule has 0 aliphatic heterocycles. The van der Waals surface area contributed by atoms with Crippen LogP contribution in [0.1, 0.15) is 76.3 Å². The molecule has 1 N–H and O–H groups in total. The van der Waals surface area contributed by atoms with E-state index in [1.54, 1.807) is 0 Å². The Kier molecular flexibility index (Phi) is 7.14. The molecule has 1 heteroatoms. The Morgan fingerprint density at radius 1 is 1.05 bits per heavy atom. The van der Waals surface area contributed by atoms with E-state index in [1.165, 1.54) is 63.4 Å². The molecule has 1 fully saturated rings. The predicted octanol–water partition coefficient (Wildman–Crippen LogP) is 5.48. The highest BCUT2D eigenvalue weighted by Gasteiger charge is 2.16. The minimum absolute atomic E-state index is 0.555. The van der Waals surface area contributed by atoms with Gasteiger partial charge in [0.25, 0.3) is 0 Å². The zero-order valence-electron chi connectivity index (χ0n) is 13.1. The van der Waals surface area contributed by atoms with Crippen molar-refractivity contribution in [3.8, 4) is 0 Å². The van der Waals surface area contributed by atoms with E-state index in [4.69, 9.17) is 0 Å². The Morgan fingerprint density at radius 2 is 1.75 bits per heavy atom. The normalized spacial score (nSPS) is 18.6. The predicted molar refractivity (Wildman–Crippen MR) is 87.9 cm³/mol. The molecule has 1 saturated carbocycles. The molecule has 0 heterocycles. The third-order valence-corrected chi connectivity index (χ3v) is 4.68. The molecule has 1 aromatic carbocycles. The van der Waals surface area contributed by atoms with Crippen LogP contribution in [0.3, 0.4) is 0 Å². The zero-order valence-corrected chi connectivity index (χ0v) is 13.1. The van der Waals surface area contributed by atoms with Crippen molar-refractivity contribution in [1.29, 1.82) is 0 Å². The van der Waals surface area contributed by atoms with E-state index in [-0.39, 0.29) is 0 Å². The first-order valence-electron chi connectivity index (χ1n) is 8.68. The molecule has 1 unspecified atom stereocenters. The van der Waals surface area contributed by atoms with E-state index in [0.717, 1.165) is 12.5 Å². The largest absolute Gasteiger partial charge is 0.310 e. The lowest BCUT2D eigenvalue weighted by Gasteiger charge is -2.22. The molecule has 1 aliphatic carbocycles. The van der Waals surface area contributed by atoms with Crippen LogP contribution in [0.15, 0.2) is 30.3 Å². The van der Waals surface area contributed by atoms with Gasteiger partial charge in [-0.15, -0.1) is 0 Å². The summed E-state index contributed by atoms with van der Waals surface area (Å²) < 4.78 is 0. The maximum absolute atomic E-state index is 3.74. The molecule has 112 valence electrons. The summed E-state index contributed by atoms with van der Waals surface area (Å²) in [5.41, 5.74) is 1.47. The number of rotatable bonds is 7. The minimum Gasteiger partial charge on any atom is -0.310 e. The van der Waals surface area contributed by atoms with E-state index in [1.807, 2.05) is 0 Å². The fourth-order valence-electron chi connectivity index (χ4n) is 3.45. The second-order valence-corrected chi connectivity index (χ2v) is 6.35. The van der Waals surface area contributed by atoms with Crippen LogP contribution in [-0.2, 0) is 0 Å². The fraction of sp³-hybridized carbons (Fsp3) is 0.684. The SMILES string of the molecule is CCCNC(CCC1CCCCCC1)c1ccccc1. The van der Waals surface area contributed by atoms with Crippen LogP contribution in [-0.4, -0.2) is 6.54 Å². The van der Waals surface area contributed by atoms with E-state index in [2.05, 4.69) is 42.6 Å². The molecule has 0 aromatic heterocycles. The molecular weight excluding hydrogens is 242 g/mol. The van der Waals surface area contributed by atoms with E-state index in [9.17, 15) is 0 Å². The Hall–Kier alpha value is -0.820. The molecule has 1 atom stereocenters. The summed E-state index contributed by atoms with van der Waals surface area (Å²) >= 11 is 0. The molecule has 1 aliphatic rings. The molecule has 0 radical (unpaired) electrons. The topological polar surface area (TPSA) is 12.0 Å². The Labute approximate surface area is 125 Å². The highest BCUT2D eigenvalue weighted by atomic mass is 14.9. The van der Waals surface area contributed by atoms with Crippen molar-refractivity contribution in [2.75, 3.05) is 6.54 Å². The van der Waals surface area contributed by atoms with Gasteiger partial charge in [-0.1, -0.05) is 75.8 Å². The maximum Gasteiger partial charge on any atom is 0.0320 e. The summed E-state index contributed by atoms with van der Waals surface area (Å²) in [5.74, 6) is 0.979. The summed E-state index contributed by atoms with van der Waals surface area (Å²) in [6, 6.07) is 11.6. The van der Waals surface area contributed by atoms with Crippen LogP contribution in [0, 0.1) is 5.92 Å². The van der Waals surface area contributed by atoms with Crippen LogP contribution in [0.2, 0.25) is 0 Å². The van der Waals surface area contributed by atoms with E-state index < -0.39 is 0 Å². The van der Waals surface area contributed by atoms with Gasteiger partial charge in [-0.3, -0.25) is 0 Å². The lowest BCUT2D eigenvalue weighted by Crippen LogP contribution is -2.22. The van der Waals surface area contributed by atoms with Crippen molar-refractivity contribution in [1.82, 2.24) is 5.32 Å². The highest BCUT2D eigenvalue weighted by Crippen LogP contribution is 2.29. The smallest absolute Gasteiger partial charge is 0.0320 e. The number of hydrogen-bond acceptors (Lipinski definition) is 1. The van der Waals surface area contributed by atoms with Crippen molar-refractivity contribution >= 4 is 0 Å². The van der Waals surface area contributed by atoms with Crippen LogP contribution >= 0.6 is 0 Å². The molecule has 2 rings (SSSR count). The highest BCUT2D eigenvalue weighted by molar-refractivity contribution is 5.18. The Balaban J connectivity index is 1.86. The number of benzene rings is 1. The van der Waals surface area contributed by atoms with Gasteiger partial charge >= 0.3 is 0 Å². The molecule has 1 aromatic rings. The Morgan fingerprint density at radius 3 is 2.40 bits per heavy atom. The molecular formula is C19H31N. The second-order valence-electron chi connectivity index (χ2n) is 6.35. The van der Waals surface area contributed by atoms with Gasteiger partial charge in [0.2, 0.25) is 0 Å². The average Bonchev–Trinajstić information content (AvgIpc) is 2.77. The first-order valence-corrected chi connectivity index (χ1v) is 8.68. The van der Waals surface area contributed by atoms with Crippen molar-refractivity contribution in [3.63, 3.8) is 0 Å². The van der Waals surface area contributed by atoms with E-state index in [0.29, 0.717) is 6.04 Å². The second kappa shape index (κ2) is 9.18. The summed E-state index contributed by atoms with van der Waals surface area (Å²) in [7, 11) is 0. The van der Waals surface area contributed by atoms with Gasteiger partial charge in [0, 0.05) is 6.04 Å². The Bertz CT molecular complexity index is 338. The van der Waals surface area contributed by atoms with Gasteiger partial charge in [-0.25, -0.2) is 0 Å². The van der Waals surface area contributed by atoms with Gasteiger partial charge in [0.1, 0.15) is 0 Å². The van der Waals surface area contributed by atoms with E-state index >= 15 is 0 Å². The molecule has 1 nitrogen and oxygen atoms in total. The molecule has 0 spiro atoms. The van der Waals surface area contributed by atoms with Crippen molar-refractivity contribution in [2.45, 2.75) is 70.8 Å². The van der Waals surface area contributed by atoms with Crippen LogP contribution < -0.4 is 5.32 Å². The third-order valence-electron chi connectivity index (χ3n) is 4.68. The first kappa shape index (κ1) is 15.6. The van der Waals surface area contributed by atoms with Crippen LogP contribution in [0.25, 0.3) is 0 Å². The maximum atomic E-state index is 3.74. The standard InChI is InChI=1S/C19H31N/c1-2-16-20-19(18-12-8-5-9-13-18)15-14-17-10-6-3-4-7-11-17/h5,8-9,12-13,17,19-20H,2-4,6-7,10-11,14-16H2,1H3. The summed E-state index contributed by atoms with van der Waals surface area (Å²) in [6.45, 7) is 3.38. The van der Waals surface area contributed by atoms with Gasteiger partial charge < -0.3 is 5.32 Å². The lowest BCUT2D eigenvalue weighted by atomic mass is 9.91. The summed E-state index contributed by atoms with van der Waals surface area (Å²) in [4.78, 5) is 0. The van der Waals surface area contributed by atoms with Gasteiger partial charge in [0.15, 0.2) is 0 Å². The third kappa shape index (κ3) is 5.28. The number of nitrogens with one attached hydrogen (secondary N) is 1. The zero-order chi connectivity index (χ0) is 14.0. The molecule has 20 heavy (non-hydrogen) atoms. The lowest BCUT2D eigenvalue weighted by molar-refractivity contribution is 0.374. The average molecular weight is 273 g/mol. The number of hydrogen-bond donors (Lipinski definition) is 1. The van der Waals surface area contributed by atoms with Crippen LogP contribution in [0.5, 0.6) is 0 Å². The first-order chi connectivity index (χ1) is 9.90. The summed E-state index contributed by atoms with van der Waals surface area (Å²) in [5, 5.41) is 3.74. The molecule has 0 amide bonds. The van der Waals surface area contributed by atoms with Crippen molar-refractivity contribution in [3.05, 3.63) is 35.9 Å². The van der Waals surface area contributed by atoms with Gasteiger partial charge in [-0.2, -0.15) is 0 Å². The minimum atomic E-state index is 0.555. The fourth-order valence-corrected chi connectivity index (χ4v) is 3.45. The summed E-state index contributed by atoms with van der Waals surface area (Å²) in [6.07, 6.45) is 12.7.